The van der Waals surface area contributed by atoms with Crippen LogP contribution in [-0.2, 0) is 14.3 Å². The highest BCUT2D eigenvalue weighted by molar-refractivity contribution is 6.35. The van der Waals surface area contributed by atoms with Crippen LogP contribution in [0, 0.1) is 0 Å². The van der Waals surface area contributed by atoms with Gasteiger partial charge < -0.3 is 14.8 Å². The van der Waals surface area contributed by atoms with Gasteiger partial charge in [0.2, 0.25) is 0 Å². The standard InChI is InChI=1S/C17H23N3O4/c1-2-9-24-15-8-4-3-6-13(15)11-19-20-17(22)16(21)18-12-14-7-5-10-23-14/h3-4,6,8,11,14H,2,5,7,9-10,12H2,1H3,(H,18,21)(H,20,22)/b19-11-/t14-/m1/s1. The minimum atomic E-state index is -0.809. The number of hydrogen-bond acceptors (Lipinski definition) is 5. The Kier molecular flexibility index (Phi) is 7.22. The molecule has 1 saturated heterocycles. The maximum atomic E-state index is 11.7. The number of nitrogens with zero attached hydrogens (tertiary/aromatic N) is 1. The second-order valence-corrected chi connectivity index (χ2v) is 5.43. The highest BCUT2D eigenvalue weighted by atomic mass is 16.5. The first-order chi connectivity index (χ1) is 11.7. The Labute approximate surface area is 141 Å². The van der Waals surface area contributed by atoms with E-state index >= 15 is 0 Å². The molecule has 0 aliphatic carbocycles. The zero-order chi connectivity index (χ0) is 17.2. The highest BCUT2D eigenvalue weighted by Crippen LogP contribution is 2.15. The topological polar surface area (TPSA) is 89.0 Å². The molecule has 130 valence electrons. The second-order valence-electron chi connectivity index (χ2n) is 5.43. The summed E-state index contributed by atoms with van der Waals surface area (Å²) in [7, 11) is 0. The van der Waals surface area contributed by atoms with Gasteiger partial charge in [-0.05, 0) is 31.4 Å². The van der Waals surface area contributed by atoms with Crippen LogP contribution >= 0.6 is 0 Å². The van der Waals surface area contributed by atoms with Crippen molar-refractivity contribution in [2.75, 3.05) is 19.8 Å². The van der Waals surface area contributed by atoms with Gasteiger partial charge in [0.15, 0.2) is 0 Å². The minimum absolute atomic E-state index is 0.00663. The lowest BCUT2D eigenvalue weighted by Gasteiger charge is -2.09. The Balaban J connectivity index is 1.79. The maximum Gasteiger partial charge on any atom is 0.329 e. The SMILES string of the molecule is CCCOc1ccccc1/C=N\NC(=O)C(=O)NC[C@H]1CCCO1. The summed E-state index contributed by atoms with van der Waals surface area (Å²) in [6.07, 6.45) is 4.22. The molecular weight excluding hydrogens is 310 g/mol. The van der Waals surface area contributed by atoms with E-state index in [9.17, 15) is 9.59 Å². The molecule has 2 rings (SSSR count). The molecule has 0 spiro atoms. The van der Waals surface area contributed by atoms with Crippen molar-refractivity contribution < 1.29 is 19.1 Å². The molecule has 7 nitrogen and oxygen atoms in total. The van der Waals surface area contributed by atoms with Crippen LogP contribution in [0.1, 0.15) is 31.7 Å². The fourth-order valence-corrected chi connectivity index (χ4v) is 2.23. The van der Waals surface area contributed by atoms with Crippen LogP contribution in [-0.4, -0.2) is 43.9 Å². The third kappa shape index (κ3) is 5.66. The summed E-state index contributed by atoms with van der Waals surface area (Å²) in [6.45, 7) is 3.66. The molecule has 1 aromatic carbocycles. The number of nitrogens with one attached hydrogen (secondary N) is 2. The largest absolute Gasteiger partial charge is 0.493 e. The maximum absolute atomic E-state index is 11.7. The summed E-state index contributed by atoms with van der Waals surface area (Å²) in [4.78, 5) is 23.4. The molecule has 0 bridgehead atoms. The number of hydrogen-bond donors (Lipinski definition) is 2. The third-order valence-corrected chi connectivity index (χ3v) is 3.47. The predicted molar refractivity (Wildman–Crippen MR) is 89.9 cm³/mol. The van der Waals surface area contributed by atoms with Crippen molar-refractivity contribution in [2.24, 2.45) is 5.10 Å². The number of rotatable bonds is 7. The van der Waals surface area contributed by atoms with Gasteiger partial charge in [-0.25, -0.2) is 5.43 Å². The molecule has 7 heteroatoms. The van der Waals surface area contributed by atoms with Crippen molar-refractivity contribution in [3.05, 3.63) is 29.8 Å². The van der Waals surface area contributed by atoms with Gasteiger partial charge >= 0.3 is 11.8 Å². The molecule has 24 heavy (non-hydrogen) atoms. The zero-order valence-corrected chi connectivity index (χ0v) is 13.8. The first-order valence-corrected chi connectivity index (χ1v) is 8.15. The molecule has 2 N–H and O–H groups in total. The van der Waals surface area contributed by atoms with E-state index in [4.69, 9.17) is 9.47 Å². The minimum Gasteiger partial charge on any atom is -0.493 e. The third-order valence-electron chi connectivity index (χ3n) is 3.47. The summed E-state index contributed by atoms with van der Waals surface area (Å²) in [5, 5.41) is 6.35. The molecule has 0 aromatic heterocycles. The fourth-order valence-electron chi connectivity index (χ4n) is 2.23. The van der Waals surface area contributed by atoms with Crippen LogP contribution in [0.2, 0.25) is 0 Å². The molecule has 1 aliphatic heterocycles. The number of para-hydroxylation sites is 1. The lowest BCUT2D eigenvalue weighted by Crippen LogP contribution is -2.41. The number of carbonyl (C=O) groups excluding carboxylic acids is 2. The molecule has 0 saturated carbocycles. The Bertz CT molecular complexity index is 583. The summed E-state index contributed by atoms with van der Waals surface area (Å²) in [5.74, 6) is -0.852. The molecule has 0 unspecified atom stereocenters. The Morgan fingerprint density at radius 1 is 1.38 bits per heavy atom. The van der Waals surface area contributed by atoms with Crippen LogP contribution in [0.15, 0.2) is 29.4 Å². The van der Waals surface area contributed by atoms with E-state index in [0.29, 0.717) is 25.5 Å². The Morgan fingerprint density at radius 3 is 2.96 bits per heavy atom. The predicted octanol–water partition coefficient (Wildman–Crippen LogP) is 1.22. The zero-order valence-electron chi connectivity index (χ0n) is 13.8. The van der Waals surface area contributed by atoms with Crippen molar-refractivity contribution in [2.45, 2.75) is 32.3 Å². The Morgan fingerprint density at radius 2 is 2.21 bits per heavy atom. The highest BCUT2D eigenvalue weighted by Gasteiger charge is 2.18. The van der Waals surface area contributed by atoms with Crippen LogP contribution in [0.4, 0.5) is 0 Å². The van der Waals surface area contributed by atoms with Gasteiger partial charge in [0, 0.05) is 18.7 Å². The van der Waals surface area contributed by atoms with E-state index in [0.717, 1.165) is 24.8 Å². The number of amides is 2. The average molecular weight is 333 g/mol. The van der Waals surface area contributed by atoms with E-state index < -0.39 is 11.8 Å². The first kappa shape index (κ1) is 17.9. The van der Waals surface area contributed by atoms with E-state index in [2.05, 4.69) is 15.8 Å². The molecule has 0 radical (unpaired) electrons. The van der Waals surface area contributed by atoms with Gasteiger partial charge in [-0.15, -0.1) is 0 Å². The number of ether oxygens (including phenoxy) is 2. The summed E-state index contributed by atoms with van der Waals surface area (Å²) < 4.78 is 11.0. The van der Waals surface area contributed by atoms with Gasteiger partial charge in [0.05, 0.1) is 18.9 Å². The quantitative estimate of drug-likeness (QED) is 0.446. The second kappa shape index (κ2) is 9.67. The Hall–Kier alpha value is -2.41. The van der Waals surface area contributed by atoms with Crippen LogP contribution in [0.3, 0.4) is 0 Å². The number of carbonyl (C=O) groups is 2. The fraction of sp³-hybridized carbons (Fsp3) is 0.471. The van der Waals surface area contributed by atoms with E-state index in [-0.39, 0.29) is 6.10 Å². The summed E-state index contributed by atoms with van der Waals surface area (Å²) >= 11 is 0. The van der Waals surface area contributed by atoms with Crippen LogP contribution in [0.5, 0.6) is 5.75 Å². The smallest absolute Gasteiger partial charge is 0.329 e. The average Bonchev–Trinajstić information content (AvgIpc) is 3.12. The summed E-state index contributed by atoms with van der Waals surface area (Å²) in [6, 6.07) is 7.35. The molecule has 1 fully saturated rings. The van der Waals surface area contributed by atoms with Gasteiger partial charge in [-0.3, -0.25) is 9.59 Å². The van der Waals surface area contributed by atoms with Crippen molar-refractivity contribution in [1.29, 1.82) is 0 Å². The monoisotopic (exact) mass is 333 g/mol. The molecule has 1 aliphatic rings. The first-order valence-electron chi connectivity index (χ1n) is 8.15. The van der Waals surface area contributed by atoms with E-state index in [1.165, 1.54) is 6.21 Å². The molecule has 1 atom stereocenters. The lowest BCUT2D eigenvalue weighted by molar-refractivity contribution is -0.139. The molecule has 1 heterocycles. The number of benzene rings is 1. The van der Waals surface area contributed by atoms with Gasteiger partial charge in [0.1, 0.15) is 5.75 Å². The van der Waals surface area contributed by atoms with Crippen molar-refractivity contribution in [1.82, 2.24) is 10.7 Å². The van der Waals surface area contributed by atoms with Gasteiger partial charge in [-0.2, -0.15) is 5.10 Å². The molecular formula is C17H23N3O4. The van der Waals surface area contributed by atoms with Crippen molar-refractivity contribution in [3.8, 4) is 5.75 Å². The normalized spacial score (nSPS) is 17.0. The van der Waals surface area contributed by atoms with E-state index in [1.807, 2.05) is 31.2 Å². The van der Waals surface area contributed by atoms with Crippen molar-refractivity contribution in [3.63, 3.8) is 0 Å². The molecule has 2 amide bonds. The summed E-state index contributed by atoms with van der Waals surface area (Å²) in [5.41, 5.74) is 2.94. The molecule has 1 aromatic rings. The van der Waals surface area contributed by atoms with Crippen LogP contribution < -0.4 is 15.5 Å². The van der Waals surface area contributed by atoms with Crippen molar-refractivity contribution >= 4 is 18.0 Å². The van der Waals surface area contributed by atoms with Gasteiger partial charge in [0.25, 0.3) is 0 Å². The lowest BCUT2D eigenvalue weighted by atomic mass is 10.2. The van der Waals surface area contributed by atoms with Gasteiger partial charge in [-0.1, -0.05) is 19.1 Å². The number of hydrazone groups is 1. The van der Waals surface area contributed by atoms with E-state index in [1.54, 1.807) is 0 Å². The van der Waals surface area contributed by atoms with Crippen LogP contribution in [0.25, 0.3) is 0 Å².